The van der Waals surface area contributed by atoms with Gasteiger partial charge in [0, 0.05) is 24.6 Å². The van der Waals surface area contributed by atoms with E-state index in [2.05, 4.69) is 25.9 Å². The molecule has 0 unspecified atom stereocenters. The minimum absolute atomic E-state index is 0.300. The molecule has 0 bridgehead atoms. The molecule has 0 fully saturated rings. The van der Waals surface area contributed by atoms with Crippen LogP contribution in [0, 0.1) is 6.92 Å². The zero-order chi connectivity index (χ0) is 21.5. The van der Waals surface area contributed by atoms with Gasteiger partial charge in [0.15, 0.2) is 0 Å². The second kappa shape index (κ2) is 9.54. The summed E-state index contributed by atoms with van der Waals surface area (Å²) in [6.45, 7) is 2.48. The van der Waals surface area contributed by atoms with Crippen LogP contribution in [0.5, 0.6) is 0 Å². The number of nitrogens with zero attached hydrogens (tertiary/aromatic N) is 2. The van der Waals surface area contributed by atoms with E-state index >= 15 is 0 Å². The number of carbonyl (C=O) groups excluding carboxylic acids is 1. The fourth-order valence-electron chi connectivity index (χ4n) is 3.08. The lowest BCUT2D eigenvalue weighted by Crippen LogP contribution is -2.28. The largest absolute Gasteiger partial charge is 0.340 e. The molecule has 154 valence electrons. The summed E-state index contributed by atoms with van der Waals surface area (Å²) in [6, 6.07) is 25.2. The van der Waals surface area contributed by atoms with E-state index in [1.807, 2.05) is 85.8 Å². The Balaban J connectivity index is 1.41. The first-order chi connectivity index (χ1) is 15.2. The molecule has 2 aromatic heterocycles. The van der Waals surface area contributed by atoms with Crippen LogP contribution in [-0.4, -0.2) is 16.0 Å². The van der Waals surface area contributed by atoms with Crippen LogP contribution in [0.4, 0.5) is 22.1 Å². The minimum atomic E-state index is -0.300. The topological polar surface area (TPSA) is 78.9 Å². The van der Waals surface area contributed by atoms with E-state index in [9.17, 15) is 4.79 Å². The van der Waals surface area contributed by atoms with Crippen molar-refractivity contribution in [3.8, 4) is 11.1 Å². The van der Waals surface area contributed by atoms with Gasteiger partial charge in [-0.3, -0.25) is 5.32 Å². The van der Waals surface area contributed by atoms with Crippen molar-refractivity contribution in [1.82, 2.24) is 15.3 Å². The highest BCUT2D eigenvalue weighted by molar-refractivity contribution is 5.89. The number of aromatic nitrogens is 2. The summed E-state index contributed by atoms with van der Waals surface area (Å²) in [6.07, 6.45) is 3.43. The number of hydrogen-bond donors (Lipinski definition) is 3. The van der Waals surface area contributed by atoms with Gasteiger partial charge < -0.3 is 10.6 Å². The van der Waals surface area contributed by atoms with E-state index in [-0.39, 0.29) is 6.03 Å². The molecule has 0 spiro atoms. The fourth-order valence-corrected chi connectivity index (χ4v) is 3.08. The van der Waals surface area contributed by atoms with Crippen molar-refractivity contribution in [3.63, 3.8) is 0 Å². The molecule has 0 aliphatic rings. The average molecular weight is 409 g/mol. The molecule has 2 aromatic carbocycles. The van der Waals surface area contributed by atoms with Crippen molar-refractivity contribution in [1.29, 1.82) is 0 Å². The van der Waals surface area contributed by atoms with Crippen molar-refractivity contribution < 1.29 is 4.79 Å². The summed E-state index contributed by atoms with van der Waals surface area (Å²) < 4.78 is 0. The van der Waals surface area contributed by atoms with Gasteiger partial charge in [-0.25, -0.2) is 14.8 Å². The molecule has 0 saturated heterocycles. The van der Waals surface area contributed by atoms with E-state index in [1.165, 1.54) is 5.56 Å². The maximum Gasteiger partial charge on any atom is 0.320 e. The lowest BCUT2D eigenvalue weighted by molar-refractivity contribution is 0.251. The third-order valence-corrected chi connectivity index (χ3v) is 4.71. The molecule has 31 heavy (non-hydrogen) atoms. The Morgan fingerprint density at radius 3 is 2.16 bits per heavy atom. The first-order valence-electron chi connectivity index (χ1n) is 10.0. The lowest BCUT2D eigenvalue weighted by atomic mass is 10.1. The Hall–Kier alpha value is -4.19. The van der Waals surface area contributed by atoms with Gasteiger partial charge in [0.2, 0.25) is 0 Å². The molecule has 2 amide bonds. The Morgan fingerprint density at radius 1 is 0.806 bits per heavy atom. The molecule has 0 saturated carbocycles. The molecule has 4 rings (SSSR count). The van der Waals surface area contributed by atoms with Crippen LogP contribution in [0.15, 0.2) is 91.3 Å². The summed E-state index contributed by atoms with van der Waals surface area (Å²) in [5, 5.41) is 8.94. The summed E-state index contributed by atoms with van der Waals surface area (Å²) in [5.41, 5.74) is 5.10. The predicted octanol–water partition coefficient (Wildman–Crippen LogP) is 5.52. The van der Waals surface area contributed by atoms with Crippen molar-refractivity contribution in [2.45, 2.75) is 13.5 Å². The number of nitrogens with one attached hydrogen (secondary N) is 3. The molecule has 0 aliphatic carbocycles. The van der Waals surface area contributed by atoms with Gasteiger partial charge >= 0.3 is 6.03 Å². The summed E-state index contributed by atoms with van der Waals surface area (Å²) >= 11 is 0. The van der Waals surface area contributed by atoms with Gasteiger partial charge in [-0.2, -0.15) is 0 Å². The van der Waals surface area contributed by atoms with Gasteiger partial charge in [0.1, 0.15) is 11.6 Å². The van der Waals surface area contributed by atoms with E-state index in [4.69, 9.17) is 0 Å². The molecular weight excluding hydrogens is 386 g/mol. The Morgan fingerprint density at radius 2 is 1.45 bits per heavy atom. The monoisotopic (exact) mass is 409 g/mol. The van der Waals surface area contributed by atoms with Crippen LogP contribution < -0.4 is 16.0 Å². The molecule has 3 N–H and O–H groups in total. The quantitative estimate of drug-likeness (QED) is 0.392. The van der Waals surface area contributed by atoms with Crippen LogP contribution in [0.3, 0.4) is 0 Å². The number of urea groups is 1. The standard InChI is InChI=1S/C25H23N5O/c1-18-7-9-19(10-8-18)17-28-25(31)30-24-16-21(12-14-27-24)20-11-13-26-23(15-20)29-22-5-3-2-4-6-22/h2-16H,17H2,1H3,(H,26,29)(H2,27,28,30,31). The number of rotatable bonds is 6. The maximum atomic E-state index is 12.3. The SMILES string of the molecule is Cc1ccc(CNC(=O)Nc2cc(-c3ccnc(Nc4ccccc4)c3)ccn2)cc1. The van der Waals surface area contributed by atoms with Crippen molar-refractivity contribution in [2.75, 3.05) is 10.6 Å². The van der Waals surface area contributed by atoms with E-state index in [0.29, 0.717) is 12.4 Å². The zero-order valence-electron chi connectivity index (χ0n) is 17.2. The molecular formula is C25H23N5O. The second-order valence-corrected chi connectivity index (χ2v) is 7.14. The maximum absolute atomic E-state index is 12.3. The molecule has 2 heterocycles. The predicted molar refractivity (Wildman–Crippen MR) is 124 cm³/mol. The molecule has 6 heteroatoms. The zero-order valence-corrected chi connectivity index (χ0v) is 17.2. The molecule has 4 aromatic rings. The van der Waals surface area contributed by atoms with E-state index in [0.717, 1.165) is 28.2 Å². The number of carbonyl (C=O) groups is 1. The Bertz CT molecular complexity index is 1160. The highest BCUT2D eigenvalue weighted by atomic mass is 16.2. The minimum Gasteiger partial charge on any atom is -0.340 e. The molecule has 0 atom stereocenters. The number of pyridine rings is 2. The van der Waals surface area contributed by atoms with Gasteiger partial charge in [0.05, 0.1) is 0 Å². The number of amides is 2. The molecule has 0 radical (unpaired) electrons. The summed E-state index contributed by atoms with van der Waals surface area (Å²) in [4.78, 5) is 20.9. The van der Waals surface area contributed by atoms with E-state index in [1.54, 1.807) is 12.4 Å². The molecule has 6 nitrogen and oxygen atoms in total. The summed E-state index contributed by atoms with van der Waals surface area (Å²) in [5.74, 6) is 1.22. The molecule has 0 aliphatic heterocycles. The third kappa shape index (κ3) is 5.67. The Kier molecular flexibility index (Phi) is 6.18. The van der Waals surface area contributed by atoms with E-state index < -0.39 is 0 Å². The van der Waals surface area contributed by atoms with Crippen LogP contribution in [0.1, 0.15) is 11.1 Å². The number of para-hydroxylation sites is 1. The van der Waals surface area contributed by atoms with Gasteiger partial charge in [-0.1, -0.05) is 48.0 Å². The smallest absolute Gasteiger partial charge is 0.320 e. The van der Waals surface area contributed by atoms with Crippen LogP contribution >= 0.6 is 0 Å². The lowest BCUT2D eigenvalue weighted by Gasteiger charge is -2.10. The van der Waals surface area contributed by atoms with Crippen LogP contribution in [-0.2, 0) is 6.54 Å². The van der Waals surface area contributed by atoms with Crippen molar-refractivity contribution in [2.24, 2.45) is 0 Å². The number of hydrogen-bond acceptors (Lipinski definition) is 4. The second-order valence-electron chi connectivity index (χ2n) is 7.14. The average Bonchev–Trinajstić information content (AvgIpc) is 2.80. The number of anilines is 3. The van der Waals surface area contributed by atoms with Gasteiger partial charge in [0.25, 0.3) is 0 Å². The van der Waals surface area contributed by atoms with Gasteiger partial charge in [-0.05, 0) is 60.0 Å². The van der Waals surface area contributed by atoms with Gasteiger partial charge in [-0.15, -0.1) is 0 Å². The van der Waals surface area contributed by atoms with Crippen molar-refractivity contribution in [3.05, 3.63) is 102 Å². The van der Waals surface area contributed by atoms with Crippen molar-refractivity contribution >= 4 is 23.4 Å². The Labute approximate surface area is 181 Å². The summed E-state index contributed by atoms with van der Waals surface area (Å²) in [7, 11) is 0. The number of aryl methyl sites for hydroxylation is 1. The first-order valence-corrected chi connectivity index (χ1v) is 10.0. The highest BCUT2D eigenvalue weighted by Gasteiger charge is 2.06. The van der Waals surface area contributed by atoms with Crippen LogP contribution in [0.2, 0.25) is 0 Å². The first kappa shape index (κ1) is 20.1. The highest BCUT2D eigenvalue weighted by Crippen LogP contribution is 2.24. The third-order valence-electron chi connectivity index (χ3n) is 4.71. The fraction of sp³-hybridized carbons (Fsp3) is 0.0800. The normalized spacial score (nSPS) is 10.4. The van der Waals surface area contributed by atoms with Crippen LogP contribution in [0.25, 0.3) is 11.1 Å². The number of benzene rings is 2.